The van der Waals surface area contributed by atoms with Crippen molar-refractivity contribution < 1.29 is 18.0 Å². The van der Waals surface area contributed by atoms with Crippen LogP contribution >= 0.6 is 0 Å². The molecule has 5 rings (SSSR count). The molecule has 9 nitrogen and oxygen atoms in total. The minimum absolute atomic E-state index is 0.00900. The van der Waals surface area contributed by atoms with Crippen molar-refractivity contribution in [1.29, 1.82) is 5.26 Å². The average molecular weight is 559 g/mol. The fourth-order valence-corrected chi connectivity index (χ4v) is 5.02. The van der Waals surface area contributed by atoms with Gasteiger partial charge in [-0.2, -0.15) is 18.4 Å². The van der Waals surface area contributed by atoms with Gasteiger partial charge in [-0.15, -0.1) is 5.92 Å². The summed E-state index contributed by atoms with van der Waals surface area (Å²) in [6, 6.07) is 9.93. The summed E-state index contributed by atoms with van der Waals surface area (Å²) in [5.74, 6) is 5.82. The summed E-state index contributed by atoms with van der Waals surface area (Å²) in [5, 5.41) is 12.2. The normalized spacial score (nSPS) is 15.6. The van der Waals surface area contributed by atoms with E-state index in [0.717, 1.165) is 55.5 Å². The Morgan fingerprint density at radius 3 is 2.76 bits per heavy atom. The Balaban J connectivity index is 1.49. The molecule has 3 N–H and O–H groups in total. The van der Waals surface area contributed by atoms with Crippen molar-refractivity contribution >= 4 is 23.2 Å². The summed E-state index contributed by atoms with van der Waals surface area (Å²) in [4.78, 5) is 28.2. The zero-order valence-corrected chi connectivity index (χ0v) is 22.0. The van der Waals surface area contributed by atoms with Gasteiger partial charge < -0.3 is 11.1 Å². The third-order valence-corrected chi connectivity index (χ3v) is 6.95. The highest BCUT2D eigenvalue weighted by Gasteiger charge is 2.31. The van der Waals surface area contributed by atoms with E-state index in [1.807, 2.05) is 19.1 Å². The summed E-state index contributed by atoms with van der Waals surface area (Å²) in [5.41, 5.74) is 7.50. The number of nitriles is 1. The van der Waals surface area contributed by atoms with Gasteiger partial charge in [0.2, 0.25) is 5.95 Å². The maximum Gasteiger partial charge on any atom is 0.416 e. The first-order chi connectivity index (χ1) is 19.7. The molecule has 1 aromatic carbocycles. The summed E-state index contributed by atoms with van der Waals surface area (Å²) in [7, 11) is 0. The molecule has 1 fully saturated rings. The van der Waals surface area contributed by atoms with E-state index in [9.17, 15) is 23.2 Å². The number of likely N-dealkylation sites (tertiary alicyclic amines) is 1. The van der Waals surface area contributed by atoms with Crippen LogP contribution in [0.15, 0.2) is 48.8 Å². The second kappa shape index (κ2) is 11.3. The lowest BCUT2D eigenvalue weighted by molar-refractivity contribution is -0.137. The van der Waals surface area contributed by atoms with Crippen molar-refractivity contribution in [2.24, 2.45) is 0 Å². The average Bonchev–Trinajstić information content (AvgIpc) is 3.36. The molecule has 208 valence electrons. The van der Waals surface area contributed by atoms with Crippen LogP contribution in [0.4, 0.5) is 24.9 Å². The maximum absolute atomic E-state index is 13.1. The molecule has 0 spiro atoms. The van der Waals surface area contributed by atoms with E-state index in [2.05, 4.69) is 32.0 Å². The molecular formula is C29H25F3N8O. The van der Waals surface area contributed by atoms with Gasteiger partial charge in [0, 0.05) is 30.4 Å². The van der Waals surface area contributed by atoms with Gasteiger partial charge >= 0.3 is 6.18 Å². The van der Waals surface area contributed by atoms with Crippen molar-refractivity contribution in [1.82, 2.24) is 24.3 Å². The molecule has 1 aliphatic rings. The van der Waals surface area contributed by atoms with Crippen molar-refractivity contribution in [2.75, 3.05) is 30.7 Å². The molecule has 0 bridgehead atoms. The number of alkyl halides is 3. The van der Waals surface area contributed by atoms with Crippen LogP contribution in [0.5, 0.6) is 0 Å². The van der Waals surface area contributed by atoms with Crippen LogP contribution in [-0.2, 0) is 6.18 Å². The number of benzene rings is 1. The molecule has 4 heterocycles. The number of halogens is 3. The number of carbonyl (C=O) groups is 1. The Morgan fingerprint density at radius 1 is 1.20 bits per heavy atom. The zero-order valence-electron chi connectivity index (χ0n) is 22.0. The van der Waals surface area contributed by atoms with Crippen LogP contribution < -0.4 is 11.1 Å². The first-order valence-electron chi connectivity index (χ1n) is 12.8. The van der Waals surface area contributed by atoms with Crippen molar-refractivity contribution in [3.63, 3.8) is 0 Å². The number of pyridine rings is 1. The molecule has 0 radical (unpaired) electrons. The predicted molar refractivity (Wildman–Crippen MR) is 147 cm³/mol. The number of fused-ring (bicyclic) bond motifs is 1. The van der Waals surface area contributed by atoms with E-state index in [0.29, 0.717) is 17.9 Å². The van der Waals surface area contributed by atoms with E-state index in [-0.39, 0.29) is 28.8 Å². The maximum atomic E-state index is 13.1. The zero-order chi connectivity index (χ0) is 29.1. The highest BCUT2D eigenvalue weighted by molar-refractivity contribution is 6.05. The monoisotopic (exact) mass is 558 g/mol. The van der Waals surface area contributed by atoms with E-state index in [1.54, 1.807) is 16.7 Å². The van der Waals surface area contributed by atoms with Crippen LogP contribution in [0.2, 0.25) is 0 Å². The molecule has 41 heavy (non-hydrogen) atoms. The molecule has 1 saturated heterocycles. The Labute approximate surface area is 233 Å². The first-order valence-corrected chi connectivity index (χ1v) is 12.8. The minimum atomic E-state index is -4.59. The number of amides is 1. The molecule has 12 heteroatoms. The number of hydrogen-bond donors (Lipinski definition) is 2. The number of rotatable bonds is 5. The summed E-state index contributed by atoms with van der Waals surface area (Å²) in [6.45, 7) is 4.24. The van der Waals surface area contributed by atoms with E-state index < -0.39 is 17.6 Å². The predicted octanol–water partition coefficient (Wildman–Crippen LogP) is 4.72. The molecule has 1 aliphatic heterocycles. The number of hydrogen-bond acceptors (Lipinski definition) is 7. The largest absolute Gasteiger partial charge is 0.416 e. The van der Waals surface area contributed by atoms with Crippen LogP contribution in [0, 0.1) is 23.2 Å². The van der Waals surface area contributed by atoms with Gasteiger partial charge in [0.1, 0.15) is 11.6 Å². The second-order valence-electron chi connectivity index (χ2n) is 9.60. The lowest BCUT2D eigenvalue weighted by atomic mass is 9.94. The standard InChI is InChI=1S/C29H25F3N8O/c1-2-3-12-39-13-4-5-19(17-39)25-23-9-11-36-28(34)40(23)26(38-25)18-6-7-22(20(14-18)16-33)27(41)37-24-15-21(8-10-35-24)29(30,31)32/h6-11,14-15,19H,4-5,12-13,17H2,1H3,(H2,34,36)(H,35,37,41). The number of anilines is 2. The molecule has 4 aromatic rings. The van der Waals surface area contributed by atoms with E-state index in [4.69, 9.17) is 10.7 Å². The number of imidazole rings is 1. The molecular weight excluding hydrogens is 533 g/mol. The van der Waals surface area contributed by atoms with Crippen LogP contribution in [0.1, 0.15) is 52.9 Å². The smallest absolute Gasteiger partial charge is 0.369 e. The lowest BCUT2D eigenvalue weighted by Crippen LogP contribution is -2.34. The van der Waals surface area contributed by atoms with Gasteiger partial charge in [0.15, 0.2) is 0 Å². The van der Waals surface area contributed by atoms with Gasteiger partial charge in [-0.3, -0.25) is 14.1 Å². The van der Waals surface area contributed by atoms with E-state index >= 15 is 0 Å². The third kappa shape index (κ3) is 5.69. The Hall–Kier alpha value is -4.94. The van der Waals surface area contributed by atoms with Crippen LogP contribution in [-0.4, -0.2) is 49.8 Å². The van der Waals surface area contributed by atoms with Crippen molar-refractivity contribution in [3.8, 4) is 29.3 Å². The topological polar surface area (TPSA) is 125 Å². The summed E-state index contributed by atoms with van der Waals surface area (Å²) < 4.78 is 40.9. The van der Waals surface area contributed by atoms with Gasteiger partial charge in [-0.05, 0) is 56.6 Å². The number of carbonyl (C=O) groups excluding carboxylic acids is 1. The molecule has 1 unspecified atom stereocenters. The number of nitrogen functional groups attached to an aromatic ring is 1. The van der Waals surface area contributed by atoms with Gasteiger partial charge in [-0.25, -0.2) is 15.0 Å². The number of nitrogens with zero attached hydrogens (tertiary/aromatic N) is 6. The number of piperidine rings is 1. The van der Waals surface area contributed by atoms with Crippen molar-refractivity contribution in [3.05, 3.63) is 71.2 Å². The summed E-state index contributed by atoms with van der Waals surface area (Å²) in [6.07, 6.45) is -0.0811. The molecule has 0 saturated carbocycles. The third-order valence-electron chi connectivity index (χ3n) is 6.95. The Bertz CT molecular complexity index is 1730. The molecule has 0 aliphatic carbocycles. The fourth-order valence-electron chi connectivity index (χ4n) is 5.02. The first kappa shape index (κ1) is 27.6. The Kier molecular flexibility index (Phi) is 7.60. The van der Waals surface area contributed by atoms with Crippen LogP contribution in [0.3, 0.4) is 0 Å². The highest BCUT2D eigenvalue weighted by Crippen LogP contribution is 2.34. The lowest BCUT2D eigenvalue weighted by Gasteiger charge is -2.30. The number of nitrogens with one attached hydrogen (secondary N) is 1. The molecule has 1 atom stereocenters. The number of aromatic nitrogens is 4. The molecule has 3 aromatic heterocycles. The Morgan fingerprint density at radius 2 is 2.00 bits per heavy atom. The second-order valence-corrected chi connectivity index (χ2v) is 9.60. The van der Waals surface area contributed by atoms with Crippen LogP contribution in [0.25, 0.3) is 16.9 Å². The quantitative estimate of drug-likeness (QED) is 0.340. The molecule has 1 amide bonds. The number of nitrogens with two attached hydrogens (primary N) is 1. The van der Waals surface area contributed by atoms with Gasteiger partial charge in [0.05, 0.1) is 40.5 Å². The SMILES string of the molecule is CC#CCN1CCCC(c2nc(-c3ccc(C(=O)Nc4cc(C(F)(F)F)ccn4)c(C#N)c3)n3c(N)nccc23)C1. The summed E-state index contributed by atoms with van der Waals surface area (Å²) >= 11 is 0. The van der Waals surface area contributed by atoms with Crippen molar-refractivity contribution in [2.45, 2.75) is 31.9 Å². The van der Waals surface area contributed by atoms with Gasteiger partial charge in [0.25, 0.3) is 5.91 Å². The fraction of sp³-hybridized carbons (Fsp3) is 0.276. The van der Waals surface area contributed by atoms with E-state index in [1.165, 1.54) is 12.1 Å². The minimum Gasteiger partial charge on any atom is -0.369 e. The highest BCUT2D eigenvalue weighted by atomic mass is 19.4. The van der Waals surface area contributed by atoms with Gasteiger partial charge in [-0.1, -0.05) is 12.0 Å².